The molecule has 0 unspecified atom stereocenters. The number of carboxylic acids is 1. The predicted octanol–water partition coefficient (Wildman–Crippen LogP) is 1.22. The fourth-order valence-corrected chi connectivity index (χ4v) is 2.33. The highest BCUT2D eigenvalue weighted by atomic mass is 16.4. The van der Waals surface area contributed by atoms with E-state index in [4.69, 9.17) is 0 Å². The van der Waals surface area contributed by atoms with Gasteiger partial charge in [-0.2, -0.15) is 0 Å². The largest absolute Gasteiger partial charge is 0.480 e. The first-order valence-electron chi connectivity index (χ1n) is 6.08. The molecular formula is C12H17N3O3. The maximum atomic E-state index is 11.5. The summed E-state index contributed by atoms with van der Waals surface area (Å²) in [6, 6.07) is 1.28. The average Bonchev–Trinajstić information content (AvgIpc) is 2.32. The lowest BCUT2D eigenvalue weighted by atomic mass is 9.77. The maximum absolute atomic E-state index is 11.5. The van der Waals surface area contributed by atoms with Gasteiger partial charge in [-0.25, -0.2) is 9.78 Å². The number of nitrogens with one attached hydrogen (secondary N) is 2. The number of rotatable bonds is 3. The minimum absolute atomic E-state index is 0.294. The SMILES string of the molecule is CC1CCC(Nc2cc(=O)[nH]cn2)(C(=O)O)CC1. The number of aromatic nitrogens is 2. The number of hydrogen-bond acceptors (Lipinski definition) is 4. The van der Waals surface area contributed by atoms with Crippen molar-refractivity contribution in [2.75, 3.05) is 5.32 Å². The molecule has 18 heavy (non-hydrogen) atoms. The Morgan fingerprint density at radius 2 is 2.22 bits per heavy atom. The van der Waals surface area contributed by atoms with E-state index in [-0.39, 0.29) is 5.56 Å². The quantitative estimate of drug-likeness (QED) is 0.750. The van der Waals surface area contributed by atoms with Gasteiger partial charge < -0.3 is 15.4 Å². The Kier molecular flexibility index (Phi) is 3.36. The van der Waals surface area contributed by atoms with Crippen LogP contribution in [0.3, 0.4) is 0 Å². The highest BCUT2D eigenvalue weighted by Gasteiger charge is 2.41. The Balaban J connectivity index is 2.21. The predicted molar refractivity (Wildman–Crippen MR) is 66.5 cm³/mol. The van der Waals surface area contributed by atoms with Gasteiger partial charge in [0.1, 0.15) is 11.4 Å². The van der Waals surface area contributed by atoms with Crippen molar-refractivity contribution in [1.29, 1.82) is 0 Å². The van der Waals surface area contributed by atoms with Gasteiger partial charge in [0.05, 0.1) is 6.33 Å². The molecule has 1 aromatic rings. The summed E-state index contributed by atoms with van der Waals surface area (Å²) in [4.78, 5) is 29.0. The van der Waals surface area contributed by atoms with Crippen molar-refractivity contribution in [3.05, 3.63) is 22.7 Å². The highest BCUT2D eigenvalue weighted by molar-refractivity contribution is 5.82. The van der Waals surface area contributed by atoms with E-state index in [0.717, 1.165) is 12.8 Å². The van der Waals surface area contributed by atoms with E-state index in [1.54, 1.807) is 0 Å². The van der Waals surface area contributed by atoms with Gasteiger partial charge in [-0.05, 0) is 31.6 Å². The molecule has 1 aliphatic carbocycles. The molecule has 1 aliphatic rings. The molecule has 2 rings (SSSR count). The second-order valence-corrected chi connectivity index (χ2v) is 4.99. The van der Waals surface area contributed by atoms with Crippen molar-refractivity contribution in [3.8, 4) is 0 Å². The summed E-state index contributed by atoms with van der Waals surface area (Å²) >= 11 is 0. The summed E-state index contributed by atoms with van der Waals surface area (Å²) in [5.41, 5.74) is -1.29. The summed E-state index contributed by atoms with van der Waals surface area (Å²) in [6.45, 7) is 2.12. The third-order valence-electron chi connectivity index (χ3n) is 3.58. The van der Waals surface area contributed by atoms with E-state index in [1.807, 2.05) is 0 Å². The van der Waals surface area contributed by atoms with Gasteiger partial charge in [0.25, 0.3) is 5.56 Å². The summed E-state index contributed by atoms with van der Waals surface area (Å²) in [6.07, 6.45) is 4.10. The Labute approximate surface area is 104 Å². The molecule has 98 valence electrons. The molecule has 3 N–H and O–H groups in total. The van der Waals surface area contributed by atoms with Crippen LogP contribution in [-0.4, -0.2) is 26.6 Å². The topological polar surface area (TPSA) is 95.1 Å². The molecule has 0 spiro atoms. The molecular weight excluding hydrogens is 234 g/mol. The zero-order valence-corrected chi connectivity index (χ0v) is 10.3. The molecule has 1 fully saturated rings. The van der Waals surface area contributed by atoms with Gasteiger partial charge in [-0.1, -0.05) is 6.92 Å². The molecule has 6 heteroatoms. The first kappa shape index (κ1) is 12.6. The van der Waals surface area contributed by atoms with Crippen molar-refractivity contribution in [2.24, 2.45) is 5.92 Å². The van der Waals surface area contributed by atoms with Gasteiger partial charge in [0.2, 0.25) is 0 Å². The second-order valence-electron chi connectivity index (χ2n) is 4.99. The maximum Gasteiger partial charge on any atom is 0.329 e. The number of carbonyl (C=O) groups is 1. The van der Waals surface area contributed by atoms with Crippen LogP contribution in [0.4, 0.5) is 5.82 Å². The first-order chi connectivity index (χ1) is 8.52. The normalized spacial score (nSPS) is 27.7. The Morgan fingerprint density at radius 1 is 1.56 bits per heavy atom. The Hall–Kier alpha value is -1.85. The van der Waals surface area contributed by atoms with Crippen LogP contribution in [0.25, 0.3) is 0 Å². The molecule has 1 aromatic heterocycles. The zero-order chi connectivity index (χ0) is 13.2. The third-order valence-corrected chi connectivity index (χ3v) is 3.58. The van der Waals surface area contributed by atoms with Crippen LogP contribution in [0.15, 0.2) is 17.2 Å². The molecule has 6 nitrogen and oxygen atoms in total. The summed E-state index contributed by atoms with van der Waals surface area (Å²) in [5, 5.41) is 12.4. The van der Waals surface area contributed by atoms with Crippen molar-refractivity contribution >= 4 is 11.8 Å². The fourth-order valence-electron chi connectivity index (χ4n) is 2.33. The van der Waals surface area contributed by atoms with Crippen LogP contribution >= 0.6 is 0 Å². The van der Waals surface area contributed by atoms with Crippen molar-refractivity contribution in [3.63, 3.8) is 0 Å². The average molecular weight is 251 g/mol. The third kappa shape index (κ3) is 2.52. The van der Waals surface area contributed by atoms with E-state index in [2.05, 4.69) is 22.2 Å². The van der Waals surface area contributed by atoms with Crippen molar-refractivity contribution in [2.45, 2.75) is 38.1 Å². The van der Waals surface area contributed by atoms with E-state index >= 15 is 0 Å². The smallest absolute Gasteiger partial charge is 0.329 e. The standard InChI is InChI=1S/C12H17N3O3/c1-8-2-4-12(5-3-8,11(17)18)15-9-6-10(16)14-7-13-9/h6-8H,2-5H2,1H3,(H,17,18)(H2,13,14,15,16). The van der Waals surface area contributed by atoms with E-state index < -0.39 is 11.5 Å². The lowest BCUT2D eigenvalue weighted by Gasteiger charge is -2.36. The van der Waals surface area contributed by atoms with Gasteiger partial charge in [0, 0.05) is 6.07 Å². The summed E-state index contributed by atoms with van der Waals surface area (Å²) < 4.78 is 0. The van der Waals surface area contributed by atoms with Crippen LogP contribution in [-0.2, 0) is 4.79 Å². The van der Waals surface area contributed by atoms with Gasteiger partial charge in [-0.15, -0.1) is 0 Å². The molecule has 1 saturated carbocycles. The number of nitrogens with zero attached hydrogens (tertiary/aromatic N) is 1. The lowest BCUT2D eigenvalue weighted by Crippen LogP contribution is -2.49. The van der Waals surface area contributed by atoms with Crippen LogP contribution in [0, 0.1) is 5.92 Å². The van der Waals surface area contributed by atoms with Crippen LogP contribution in [0.5, 0.6) is 0 Å². The van der Waals surface area contributed by atoms with Crippen LogP contribution in [0.2, 0.25) is 0 Å². The summed E-state index contributed by atoms with van der Waals surface area (Å²) in [5.74, 6) is -0.0152. The molecule has 0 bridgehead atoms. The molecule has 0 atom stereocenters. The molecule has 0 aromatic carbocycles. The molecule has 0 aliphatic heterocycles. The lowest BCUT2D eigenvalue weighted by molar-refractivity contribution is -0.143. The Bertz CT molecular complexity index is 489. The van der Waals surface area contributed by atoms with Crippen molar-refractivity contribution < 1.29 is 9.90 Å². The molecule has 0 amide bonds. The number of anilines is 1. The van der Waals surface area contributed by atoms with Gasteiger partial charge in [0.15, 0.2) is 0 Å². The number of aliphatic carboxylic acids is 1. The van der Waals surface area contributed by atoms with E-state index in [0.29, 0.717) is 24.6 Å². The van der Waals surface area contributed by atoms with Crippen molar-refractivity contribution in [1.82, 2.24) is 9.97 Å². The highest BCUT2D eigenvalue weighted by Crippen LogP contribution is 2.34. The number of H-pyrrole nitrogens is 1. The zero-order valence-electron chi connectivity index (χ0n) is 10.3. The number of hydrogen-bond donors (Lipinski definition) is 3. The van der Waals surface area contributed by atoms with Crippen LogP contribution < -0.4 is 10.9 Å². The van der Waals surface area contributed by atoms with E-state index in [1.165, 1.54) is 12.4 Å². The Morgan fingerprint density at radius 3 is 2.78 bits per heavy atom. The van der Waals surface area contributed by atoms with Gasteiger partial charge in [-0.3, -0.25) is 4.79 Å². The first-order valence-corrected chi connectivity index (χ1v) is 6.08. The van der Waals surface area contributed by atoms with Crippen LogP contribution in [0.1, 0.15) is 32.6 Å². The second kappa shape index (κ2) is 4.80. The molecule has 1 heterocycles. The fraction of sp³-hybridized carbons (Fsp3) is 0.583. The minimum atomic E-state index is -0.993. The summed E-state index contributed by atoms with van der Waals surface area (Å²) in [7, 11) is 0. The number of carboxylic acid groups (broad SMARTS) is 1. The minimum Gasteiger partial charge on any atom is -0.480 e. The molecule has 0 saturated heterocycles. The van der Waals surface area contributed by atoms with E-state index in [9.17, 15) is 14.7 Å². The van der Waals surface area contributed by atoms with Gasteiger partial charge >= 0.3 is 5.97 Å². The number of aromatic amines is 1. The molecule has 0 radical (unpaired) electrons. The monoisotopic (exact) mass is 251 g/mol.